The first-order chi connectivity index (χ1) is 7.56. The second kappa shape index (κ2) is 3.83. The van der Waals surface area contributed by atoms with E-state index in [1.54, 1.807) is 6.26 Å². The summed E-state index contributed by atoms with van der Waals surface area (Å²) in [6.07, 6.45) is 1.77. The molecule has 1 aromatic heterocycles. The Labute approximate surface area is 98.6 Å². The Bertz CT molecular complexity index is 486. The van der Waals surface area contributed by atoms with Gasteiger partial charge < -0.3 is 0 Å². The van der Waals surface area contributed by atoms with Crippen molar-refractivity contribution in [1.29, 1.82) is 0 Å². The van der Waals surface area contributed by atoms with Crippen molar-refractivity contribution in [3.8, 4) is 0 Å². The predicted molar refractivity (Wildman–Crippen MR) is 57.3 cm³/mol. The zero-order valence-electron chi connectivity index (χ0n) is 8.33. The molecular formula is C7H6N4O3S2. The van der Waals surface area contributed by atoms with Crippen LogP contribution in [0.1, 0.15) is 0 Å². The van der Waals surface area contributed by atoms with Gasteiger partial charge in [0.25, 0.3) is 0 Å². The highest BCUT2D eigenvalue weighted by Crippen LogP contribution is 2.25. The van der Waals surface area contributed by atoms with Crippen LogP contribution < -0.4 is 4.90 Å². The third-order valence-electron chi connectivity index (χ3n) is 1.94. The fourth-order valence-electron chi connectivity index (χ4n) is 1.11. The van der Waals surface area contributed by atoms with Gasteiger partial charge in [0.1, 0.15) is 0 Å². The standard InChI is InChI=1S/C7H6N4O3S2/c1-10-3(12)4(13)11(7(10)14)6-8-5(15-2)9-16-6/h1-2H3. The molecule has 84 valence electrons. The van der Waals surface area contributed by atoms with E-state index >= 15 is 0 Å². The number of anilines is 1. The summed E-state index contributed by atoms with van der Waals surface area (Å²) in [4.78, 5) is 39.7. The first-order valence-corrected chi connectivity index (χ1v) is 6.10. The number of aromatic nitrogens is 2. The Hall–Kier alpha value is -1.48. The molecule has 9 heteroatoms. The molecule has 0 bridgehead atoms. The summed E-state index contributed by atoms with van der Waals surface area (Å²) < 4.78 is 3.92. The second-order valence-corrected chi connectivity index (χ2v) is 4.35. The minimum atomic E-state index is -0.892. The minimum absolute atomic E-state index is 0.122. The Kier molecular flexibility index (Phi) is 2.64. The summed E-state index contributed by atoms with van der Waals surface area (Å²) in [7, 11) is 1.25. The number of urea groups is 1. The van der Waals surface area contributed by atoms with E-state index in [9.17, 15) is 14.4 Å². The van der Waals surface area contributed by atoms with Gasteiger partial charge in [-0.15, -0.1) is 0 Å². The van der Waals surface area contributed by atoms with Crippen LogP contribution in [0.5, 0.6) is 0 Å². The lowest BCUT2D eigenvalue weighted by Gasteiger charge is -2.07. The SMILES string of the molecule is CSc1nsc(N2C(=O)C(=O)N(C)C2=O)n1. The Morgan fingerprint density at radius 3 is 2.38 bits per heavy atom. The van der Waals surface area contributed by atoms with E-state index in [-0.39, 0.29) is 5.13 Å². The maximum atomic E-state index is 11.6. The largest absolute Gasteiger partial charge is 0.340 e. The molecule has 0 spiro atoms. The summed E-state index contributed by atoms with van der Waals surface area (Å²) in [6.45, 7) is 0. The topological polar surface area (TPSA) is 83.5 Å². The second-order valence-electron chi connectivity index (χ2n) is 2.85. The molecule has 4 amide bonds. The minimum Gasteiger partial charge on any atom is -0.263 e. The van der Waals surface area contributed by atoms with E-state index < -0.39 is 17.8 Å². The number of rotatable bonds is 2. The van der Waals surface area contributed by atoms with E-state index in [0.29, 0.717) is 5.16 Å². The molecule has 1 fully saturated rings. The van der Waals surface area contributed by atoms with Crippen molar-refractivity contribution >= 4 is 46.3 Å². The number of thioether (sulfide) groups is 1. The first-order valence-electron chi connectivity index (χ1n) is 4.10. The van der Waals surface area contributed by atoms with E-state index in [2.05, 4.69) is 9.36 Å². The van der Waals surface area contributed by atoms with Gasteiger partial charge in [0.05, 0.1) is 0 Å². The average molecular weight is 258 g/mol. The molecule has 0 N–H and O–H groups in total. The van der Waals surface area contributed by atoms with E-state index in [1.807, 2.05) is 0 Å². The number of imide groups is 2. The van der Waals surface area contributed by atoms with Gasteiger partial charge in [0.15, 0.2) is 0 Å². The number of hydrogen-bond acceptors (Lipinski definition) is 7. The highest BCUT2D eigenvalue weighted by atomic mass is 32.2. The molecule has 1 aliphatic rings. The molecular weight excluding hydrogens is 252 g/mol. The van der Waals surface area contributed by atoms with Crippen LogP contribution in [0.3, 0.4) is 0 Å². The Morgan fingerprint density at radius 2 is 1.94 bits per heavy atom. The van der Waals surface area contributed by atoms with Gasteiger partial charge in [0.2, 0.25) is 10.3 Å². The van der Waals surface area contributed by atoms with Crippen molar-refractivity contribution in [1.82, 2.24) is 14.3 Å². The third-order valence-corrected chi connectivity index (χ3v) is 3.30. The van der Waals surface area contributed by atoms with E-state index in [1.165, 1.54) is 18.8 Å². The normalized spacial score (nSPS) is 16.5. The number of nitrogens with zero attached hydrogens (tertiary/aromatic N) is 4. The lowest BCUT2D eigenvalue weighted by atomic mass is 10.5. The molecule has 2 heterocycles. The third kappa shape index (κ3) is 1.48. The van der Waals surface area contributed by atoms with Gasteiger partial charge in [-0.05, 0) is 6.26 Å². The van der Waals surface area contributed by atoms with Crippen molar-refractivity contribution in [2.75, 3.05) is 18.2 Å². The first kappa shape index (κ1) is 11.0. The molecule has 0 atom stereocenters. The molecule has 16 heavy (non-hydrogen) atoms. The van der Waals surface area contributed by atoms with Crippen molar-refractivity contribution in [2.45, 2.75) is 5.16 Å². The van der Waals surface area contributed by atoms with Crippen LogP contribution >= 0.6 is 23.3 Å². The zero-order valence-corrected chi connectivity index (χ0v) is 9.96. The maximum Gasteiger partial charge on any atom is 0.340 e. The highest BCUT2D eigenvalue weighted by Gasteiger charge is 2.44. The maximum absolute atomic E-state index is 11.6. The summed E-state index contributed by atoms with van der Waals surface area (Å²) in [5.41, 5.74) is 0. The fourth-order valence-corrected chi connectivity index (χ4v) is 2.32. The molecule has 1 saturated heterocycles. The molecule has 7 nitrogen and oxygen atoms in total. The van der Waals surface area contributed by atoms with Crippen LogP contribution in [0.25, 0.3) is 0 Å². The molecule has 0 aliphatic carbocycles. The van der Waals surface area contributed by atoms with Gasteiger partial charge in [-0.2, -0.15) is 14.3 Å². The fraction of sp³-hybridized carbons (Fsp3) is 0.286. The van der Waals surface area contributed by atoms with Crippen LogP contribution in [-0.4, -0.2) is 45.4 Å². The van der Waals surface area contributed by atoms with Crippen molar-refractivity contribution in [3.05, 3.63) is 0 Å². The predicted octanol–water partition coefficient (Wildman–Crippen LogP) is 0.185. The molecule has 1 aromatic rings. The number of carbonyl (C=O) groups is 3. The lowest BCUT2D eigenvalue weighted by Crippen LogP contribution is -2.31. The van der Waals surface area contributed by atoms with Gasteiger partial charge >= 0.3 is 17.8 Å². The number of carbonyl (C=O) groups excluding carboxylic acids is 3. The summed E-state index contributed by atoms with van der Waals surface area (Å²) in [5.74, 6) is -1.75. The van der Waals surface area contributed by atoms with Crippen molar-refractivity contribution < 1.29 is 14.4 Å². The molecule has 0 radical (unpaired) electrons. The Balaban J connectivity index is 2.38. The lowest BCUT2D eigenvalue weighted by molar-refractivity contribution is -0.138. The van der Waals surface area contributed by atoms with Crippen LogP contribution in [0.4, 0.5) is 9.93 Å². The van der Waals surface area contributed by atoms with E-state index in [0.717, 1.165) is 21.3 Å². The van der Waals surface area contributed by atoms with Gasteiger partial charge in [-0.1, -0.05) is 11.8 Å². The van der Waals surface area contributed by atoms with Crippen LogP contribution in [0.15, 0.2) is 5.16 Å². The van der Waals surface area contributed by atoms with Gasteiger partial charge in [-0.3, -0.25) is 14.5 Å². The Morgan fingerprint density at radius 1 is 1.25 bits per heavy atom. The molecule has 2 rings (SSSR count). The molecule has 0 unspecified atom stereocenters. The highest BCUT2D eigenvalue weighted by molar-refractivity contribution is 7.98. The van der Waals surface area contributed by atoms with Gasteiger partial charge in [0, 0.05) is 18.6 Å². The average Bonchev–Trinajstić information content (AvgIpc) is 2.81. The van der Waals surface area contributed by atoms with Crippen molar-refractivity contribution in [2.24, 2.45) is 0 Å². The monoisotopic (exact) mass is 258 g/mol. The van der Waals surface area contributed by atoms with Crippen molar-refractivity contribution in [3.63, 3.8) is 0 Å². The van der Waals surface area contributed by atoms with Crippen LogP contribution in [0.2, 0.25) is 0 Å². The zero-order chi connectivity index (χ0) is 11.9. The molecule has 0 aromatic carbocycles. The molecule has 0 saturated carbocycles. The summed E-state index contributed by atoms with van der Waals surface area (Å²) in [5, 5.41) is 0.583. The van der Waals surface area contributed by atoms with Gasteiger partial charge in [-0.25, -0.2) is 4.79 Å². The van der Waals surface area contributed by atoms with Crippen LogP contribution in [0, 0.1) is 0 Å². The molecule has 1 aliphatic heterocycles. The van der Waals surface area contributed by atoms with E-state index in [4.69, 9.17) is 0 Å². The summed E-state index contributed by atoms with van der Waals surface area (Å²) >= 11 is 2.20. The van der Waals surface area contributed by atoms with Crippen LogP contribution in [-0.2, 0) is 9.59 Å². The smallest absolute Gasteiger partial charge is 0.263 e. The number of amides is 4. The summed E-state index contributed by atoms with van der Waals surface area (Å²) in [6, 6.07) is -0.696. The number of likely N-dealkylation sites (N-methyl/N-ethyl adjacent to an activating group) is 1. The quantitative estimate of drug-likeness (QED) is 0.427. The number of hydrogen-bond donors (Lipinski definition) is 0.